The summed E-state index contributed by atoms with van der Waals surface area (Å²) in [4.78, 5) is 33.3. The van der Waals surface area contributed by atoms with Crippen LogP contribution in [-0.2, 0) is 23.0 Å². The van der Waals surface area contributed by atoms with Crippen LogP contribution in [0, 0.1) is 28.3 Å². The van der Waals surface area contributed by atoms with Crippen LogP contribution in [0.2, 0.25) is 0 Å². The molecule has 5 N–H and O–H groups in total. The van der Waals surface area contributed by atoms with Crippen molar-refractivity contribution in [3.05, 3.63) is 124 Å². The molecule has 2 atom stereocenters. The number of aromatic nitrogens is 3. The number of halogens is 1. The molecule has 1 unspecified atom stereocenters. The molecule has 19 heteroatoms. The summed E-state index contributed by atoms with van der Waals surface area (Å²) in [5, 5.41) is 26.3. The van der Waals surface area contributed by atoms with Crippen LogP contribution in [-0.4, -0.2) is 116 Å². The normalized spacial score (nSPS) is 22.0. The van der Waals surface area contributed by atoms with Gasteiger partial charge < -0.3 is 44.8 Å². The number of nitrogens with zero attached hydrogens (tertiary/aromatic N) is 5. The van der Waals surface area contributed by atoms with Crippen LogP contribution >= 0.6 is 0 Å². The van der Waals surface area contributed by atoms with Gasteiger partial charge in [-0.1, -0.05) is 50.2 Å². The number of anilines is 2. The van der Waals surface area contributed by atoms with Crippen LogP contribution in [0.15, 0.2) is 90.1 Å². The third-order valence-corrected chi connectivity index (χ3v) is 19.5. The van der Waals surface area contributed by atoms with E-state index in [2.05, 4.69) is 96.0 Å². The third-order valence-electron chi connectivity index (χ3n) is 18.2. The summed E-state index contributed by atoms with van der Waals surface area (Å²) >= 11 is 0. The Balaban J connectivity index is 0.800. The molecule has 1 spiro atoms. The van der Waals surface area contributed by atoms with E-state index in [9.17, 15) is 23.5 Å². The molecule has 5 aliphatic rings. The lowest BCUT2D eigenvalue weighted by Crippen LogP contribution is -2.98. The van der Waals surface area contributed by atoms with Gasteiger partial charge in [-0.25, -0.2) is 22.5 Å². The Hall–Kier alpha value is -6.35. The molecule has 1 amide bonds. The number of amides is 1. The lowest BCUT2D eigenvalue weighted by Gasteiger charge is -2.58. The van der Waals surface area contributed by atoms with Gasteiger partial charge in [0.25, 0.3) is 21.8 Å². The molecule has 3 aromatic carbocycles. The van der Waals surface area contributed by atoms with Crippen molar-refractivity contribution in [1.29, 1.82) is 0 Å². The zero-order valence-corrected chi connectivity index (χ0v) is 49.0. The topological polar surface area (TPSA) is 202 Å². The number of hydrogen-bond acceptors (Lipinski definition) is 14. The molecule has 11 rings (SSSR count). The number of piperazine rings is 1. The number of carbonyl (C=O) groups is 1. The number of ether oxygens (including phenoxy) is 3. The molecule has 0 bridgehead atoms. The number of pyridine rings is 2. The van der Waals surface area contributed by atoms with Gasteiger partial charge in [0.2, 0.25) is 0 Å². The van der Waals surface area contributed by atoms with E-state index in [-0.39, 0.29) is 74.4 Å². The van der Waals surface area contributed by atoms with Crippen LogP contribution in [0.3, 0.4) is 0 Å². The average molecular weight is 1140 g/mol. The summed E-state index contributed by atoms with van der Waals surface area (Å²) < 4.78 is 63.7. The van der Waals surface area contributed by atoms with Crippen molar-refractivity contribution in [3.63, 3.8) is 0 Å². The number of benzene rings is 3. The maximum atomic E-state index is 15.1. The number of fused-ring (bicyclic) bond motifs is 1. The first-order chi connectivity index (χ1) is 39.4. The van der Waals surface area contributed by atoms with E-state index in [4.69, 9.17) is 14.2 Å². The first kappa shape index (κ1) is 57.5. The number of rotatable bonds is 20. The van der Waals surface area contributed by atoms with Gasteiger partial charge in [-0.15, -0.1) is 0 Å². The van der Waals surface area contributed by atoms with Crippen molar-refractivity contribution >= 4 is 44.2 Å². The van der Waals surface area contributed by atoms with Crippen LogP contribution in [0.25, 0.3) is 11.0 Å². The van der Waals surface area contributed by atoms with E-state index < -0.39 is 32.4 Å². The minimum Gasteiger partial charge on any atom is -0.629 e. The minimum atomic E-state index is -4.60. The number of quaternary nitrogens is 1. The van der Waals surface area contributed by atoms with Crippen molar-refractivity contribution in [2.75, 3.05) is 70.2 Å². The Morgan fingerprint density at radius 1 is 0.951 bits per heavy atom. The molecular formula is C63H80FN9O8S. The number of carbonyl (C=O) groups excluding carboxylic acids is 1. The Kier molecular flexibility index (Phi) is 16.6. The summed E-state index contributed by atoms with van der Waals surface area (Å²) in [5.74, 6) is 1.22. The highest BCUT2D eigenvalue weighted by atomic mass is 32.2. The van der Waals surface area contributed by atoms with Gasteiger partial charge in [0.15, 0.2) is 17.3 Å². The van der Waals surface area contributed by atoms with E-state index in [1.165, 1.54) is 66.5 Å². The number of H-pyrrole nitrogens is 1. The monoisotopic (exact) mass is 1140 g/mol. The average Bonchev–Trinajstić information content (AvgIpc) is 3.94. The molecule has 438 valence electrons. The van der Waals surface area contributed by atoms with Crippen LogP contribution in [0.4, 0.5) is 21.6 Å². The van der Waals surface area contributed by atoms with E-state index >= 15 is 4.39 Å². The first-order valence-electron chi connectivity index (χ1n) is 29.5. The summed E-state index contributed by atoms with van der Waals surface area (Å²) in [6, 6.07) is 24.3. The molecule has 3 saturated carbocycles. The number of piperidine rings is 1. The fourth-order valence-electron chi connectivity index (χ4n) is 13.2. The minimum absolute atomic E-state index is 0.00940. The fraction of sp³-hybridized carbons (Fsp3) is 0.508. The molecular weight excluding hydrogens is 1060 g/mol. The van der Waals surface area contributed by atoms with Crippen LogP contribution in [0.5, 0.6) is 23.1 Å². The molecule has 2 aliphatic heterocycles. The highest BCUT2D eigenvalue weighted by molar-refractivity contribution is 7.90. The smallest absolute Gasteiger partial charge is 0.268 e. The molecule has 3 aromatic heterocycles. The number of hydrogen-bond donors (Lipinski definition) is 5. The number of aliphatic hydroxyl groups is 1. The molecule has 17 nitrogen and oxygen atoms in total. The summed E-state index contributed by atoms with van der Waals surface area (Å²) in [7, 11) is -1.48. The second-order valence-corrected chi connectivity index (χ2v) is 26.2. The third kappa shape index (κ3) is 12.6. The standard InChI is InChI=1S/C63H80FN9O8S/c1-7-80-61-57(32-51-52(64)37-67-58(51)68-61)81-56-30-45(16-17-50(56)60(74)69-82(77,78)47-31-53(70(5)76)59(66-36-47)65-35-42-18-20-62(4,75)21-19-42)72-24-22-63(23-25-72)33-46(34-63)73-27-26-71(39-54(73)49-11-9-8-10-48(49)40(2)3)38-43-14-15-44(28-41-12-13-41)55(29-43)79-6/h8-11,14-17,29-32,36-37,40-42,46,54,70,75H,7,12-13,18-28,33-35,38-39H2,1-6H3,(H,65,66)(H,67,68)(H,69,74)/t42-,54-,62-/m0/s1. The van der Waals surface area contributed by atoms with Crippen molar-refractivity contribution in [2.24, 2.45) is 17.3 Å². The van der Waals surface area contributed by atoms with Gasteiger partial charge in [-0.05, 0) is 148 Å². The largest absolute Gasteiger partial charge is 0.629 e. The molecule has 5 fully saturated rings. The summed E-state index contributed by atoms with van der Waals surface area (Å²) in [6.07, 6.45) is 13.1. The number of hydroxylamine groups is 1. The second-order valence-electron chi connectivity index (χ2n) is 24.5. The maximum absolute atomic E-state index is 15.1. The molecule has 2 saturated heterocycles. The van der Waals surface area contributed by atoms with Gasteiger partial charge in [0, 0.05) is 88.0 Å². The summed E-state index contributed by atoms with van der Waals surface area (Å²) in [5.41, 5.74) is 5.89. The van der Waals surface area contributed by atoms with Crippen molar-refractivity contribution < 1.29 is 42.0 Å². The van der Waals surface area contributed by atoms with Gasteiger partial charge in [-0.2, -0.15) is 4.98 Å². The van der Waals surface area contributed by atoms with E-state index in [1.54, 1.807) is 26.2 Å². The number of aromatic amines is 1. The second kappa shape index (κ2) is 23.7. The molecule has 5 heterocycles. The van der Waals surface area contributed by atoms with Gasteiger partial charge in [0.1, 0.15) is 27.9 Å². The Bertz CT molecular complexity index is 3380. The Labute approximate surface area is 481 Å². The number of methoxy groups -OCH3 is 1. The molecule has 6 aromatic rings. The number of sulfonamides is 1. The van der Waals surface area contributed by atoms with Crippen LogP contribution in [0.1, 0.15) is 136 Å². The van der Waals surface area contributed by atoms with Crippen molar-refractivity contribution in [3.8, 4) is 23.1 Å². The highest BCUT2D eigenvalue weighted by Crippen LogP contribution is 2.54. The molecule has 0 radical (unpaired) electrons. The predicted molar refractivity (Wildman–Crippen MR) is 315 cm³/mol. The fourth-order valence-corrected chi connectivity index (χ4v) is 14.1. The molecule has 82 heavy (non-hydrogen) atoms. The van der Waals surface area contributed by atoms with Gasteiger partial charge in [0.05, 0.1) is 43.5 Å². The van der Waals surface area contributed by atoms with Gasteiger partial charge >= 0.3 is 0 Å². The highest BCUT2D eigenvalue weighted by Gasteiger charge is 2.50. The zero-order chi connectivity index (χ0) is 57.5. The van der Waals surface area contributed by atoms with Gasteiger partial charge in [-0.3, -0.25) is 14.6 Å². The SMILES string of the molecule is CCOc1nc2[nH]cc(F)c2cc1Oc1cc(N2CCC3(CC2)CC(N2CCN(Cc4ccc(CC5CC5)c(OC)c4)C[C@H]2c2ccccc2C(C)C)C3)ccc1C(=O)NS(=O)(=O)c1cnc(NC[C@H]2CC[C@](C)(O)CC2)c([NH+](C)[O-])c1. The summed E-state index contributed by atoms with van der Waals surface area (Å²) in [6.45, 7) is 14.2. The molecule has 3 aliphatic carbocycles. The Morgan fingerprint density at radius 2 is 1.72 bits per heavy atom. The lowest BCUT2D eigenvalue weighted by molar-refractivity contribution is -0.751. The van der Waals surface area contributed by atoms with Crippen molar-refractivity contribution in [2.45, 2.75) is 133 Å². The number of nitrogens with one attached hydrogen (secondary N) is 4. The van der Waals surface area contributed by atoms with E-state index in [0.29, 0.717) is 31.3 Å². The predicted octanol–water partition coefficient (Wildman–Crippen LogP) is 9.80. The maximum Gasteiger partial charge on any atom is 0.268 e. The van der Waals surface area contributed by atoms with E-state index in [1.807, 2.05) is 6.92 Å². The quantitative estimate of drug-likeness (QED) is 0.0452. The van der Waals surface area contributed by atoms with Crippen molar-refractivity contribution in [1.82, 2.24) is 29.5 Å². The lowest BCUT2D eigenvalue weighted by atomic mass is 9.59. The Morgan fingerprint density at radius 3 is 2.44 bits per heavy atom. The van der Waals surface area contributed by atoms with E-state index in [0.717, 1.165) is 108 Å². The van der Waals surface area contributed by atoms with Crippen LogP contribution < -0.4 is 34.2 Å². The zero-order valence-electron chi connectivity index (χ0n) is 48.2. The first-order valence-corrected chi connectivity index (χ1v) is 31.0.